The van der Waals surface area contributed by atoms with Gasteiger partial charge in [-0.2, -0.15) is 0 Å². The summed E-state index contributed by atoms with van der Waals surface area (Å²) in [6.45, 7) is 4.71. The highest BCUT2D eigenvalue weighted by Crippen LogP contribution is 2.41. The van der Waals surface area contributed by atoms with Gasteiger partial charge in [-0.25, -0.2) is 0 Å². The van der Waals surface area contributed by atoms with Crippen LogP contribution in [0.15, 0.2) is 78.6 Å². The molecule has 1 amide bonds. The predicted octanol–water partition coefficient (Wildman–Crippen LogP) is 4.80. The first kappa shape index (κ1) is 22.3. The summed E-state index contributed by atoms with van der Waals surface area (Å²) in [6, 6.07) is 17.4. The lowest BCUT2D eigenvalue weighted by Crippen LogP contribution is -2.29. The van der Waals surface area contributed by atoms with Gasteiger partial charge in [0.15, 0.2) is 0 Å². The van der Waals surface area contributed by atoms with Crippen molar-refractivity contribution < 1.29 is 19.4 Å². The summed E-state index contributed by atoms with van der Waals surface area (Å²) >= 11 is 0. The maximum atomic E-state index is 13.2. The van der Waals surface area contributed by atoms with Crippen molar-refractivity contribution in [3.05, 3.63) is 101 Å². The zero-order valence-electron chi connectivity index (χ0n) is 18.7. The second-order valence-electron chi connectivity index (χ2n) is 8.08. The van der Waals surface area contributed by atoms with Gasteiger partial charge in [0.05, 0.1) is 18.2 Å². The smallest absolute Gasteiger partial charge is 0.295 e. The first-order valence-electron chi connectivity index (χ1n) is 11.0. The molecule has 1 fully saturated rings. The van der Waals surface area contributed by atoms with Gasteiger partial charge in [0.1, 0.15) is 11.5 Å². The van der Waals surface area contributed by atoms with E-state index in [1.54, 1.807) is 30.6 Å². The van der Waals surface area contributed by atoms with Crippen molar-refractivity contribution in [1.29, 1.82) is 0 Å². The molecule has 0 spiro atoms. The Labute approximate surface area is 193 Å². The van der Waals surface area contributed by atoms with E-state index in [4.69, 9.17) is 4.74 Å². The number of amides is 1. The minimum Gasteiger partial charge on any atom is -0.507 e. The fourth-order valence-electron chi connectivity index (χ4n) is 3.94. The first-order valence-corrected chi connectivity index (χ1v) is 11.0. The number of likely N-dealkylation sites (tertiary alicyclic amines) is 1. The van der Waals surface area contributed by atoms with Crippen molar-refractivity contribution in [3.8, 4) is 5.75 Å². The lowest BCUT2D eigenvalue weighted by atomic mass is 9.94. The molecule has 0 saturated carbocycles. The third kappa shape index (κ3) is 4.65. The highest BCUT2D eigenvalue weighted by Gasteiger charge is 2.46. The average molecular weight is 443 g/mol. The topological polar surface area (TPSA) is 79.7 Å². The quantitative estimate of drug-likeness (QED) is 0.323. The van der Waals surface area contributed by atoms with Crippen LogP contribution in [0.3, 0.4) is 0 Å². The highest BCUT2D eigenvalue weighted by atomic mass is 16.5. The summed E-state index contributed by atoms with van der Waals surface area (Å²) in [7, 11) is 0. The van der Waals surface area contributed by atoms with E-state index in [-0.39, 0.29) is 17.9 Å². The number of rotatable bonds is 7. The molecule has 0 unspecified atom stereocenters. The molecule has 6 heteroatoms. The number of carbonyl (C=O) groups excluding carboxylic acids is 2. The van der Waals surface area contributed by atoms with Gasteiger partial charge < -0.3 is 14.7 Å². The fourth-order valence-corrected chi connectivity index (χ4v) is 3.94. The van der Waals surface area contributed by atoms with E-state index in [0.29, 0.717) is 23.5 Å². The molecule has 1 aliphatic heterocycles. The Morgan fingerprint density at radius 2 is 1.88 bits per heavy atom. The summed E-state index contributed by atoms with van der Waals surface area (Å²) in [5.74, 6) is -0.900. The number of ketones is 1. The molecule has 2 heterocycles. The van der Waals surface area contributed by atoms with E-state index >= 15 is 0 Å². The van der Waals surface area contributed by atoms with Crippen LogP contribution in [0.1, 0.15) is 41.6 Å². The predicted molar refractivity (Wildman–Crippen MR) is 125 cm³/mol. The highest BCUT2D eigenvalue weighted by molar-refractivity contribution is 6.46. The lowest BCUT2D eigenvalue weighted by Gasteiger charge is -2.25. The number of Topliss-reactive ketones (excluding diaryl/α,β-unsaturated/α-hetero) is 1. The molecule has 1 atom stereocenters. The van der Waals surface area contributed by atoms with Gasteiger partial charge in [-0.15, -0.1) is 0 Å². The summed E-state index contributed by atoms with van der Waals surface area (Å²) in [5, 5.41) is 11.2. The number of aliphatic hydroxyl groups excluding tert-OH is 1. The number of hydrogen-bond donors (Lipinski definition) is 1. The van der Waals surface area contributed by atoms with Crippen molar-refractivity contribution in [2.75, 3.05) is 6.61 Å². The van der Waals surface area contributed by atoms with E-state index < -0.39 is 17.7 Å². The third-order valence-electron chi connectivity index (χ3n) is 5.59. The Hall–Kier alpha value is -3.93. The van der Waals surface area contributed by atoms with Crippen molar-refractivity contribution in [2.24, 2.45) is 0 Å². The second-order valence-corrected chi connectivity index (χ2v) is 8.08. The Morgan fingerprint density at radius 1 is 1.09 bits per heavy atom. The number of ether oxygens (including phenoxy) is 1. The molecule has 168 valence electrons. The molecule has 33 heavy (non-hydrogen) atoms. The first-order chi connectivity index (χ1) is 16.0. The van der Waals surface area contributed by atoms with Crippen molar-refractivity contribution >= 4 is 17.4 Å². The van der Waals surface area contributed by atoms with Crippen LogP contribution in [0.5, 0.6) is 5.75 Å². The van der Waals surface area contributed by atoms with Crippen LogP contribution in [0.25, 0.3) is 5.76 Å². The molecule has 1 N–H and O–H groups in total. The molecule has 3 aromatic rings. The zero-order chi connectivity index (χ0) is 23.4. The molecule has 0 bridgehead atoms. The maximum absolute atomic E-state index is 13.2. The SMILES string of the molecule is CCCOc1cccc([C@@H]2/C(=C(\O)c3ccc(C)cc3)C(=O)C(=O)N2Cc2cccnc2)c1. The molecular formula is C27H26N2O4. The fraction of sp³-hybridized carbons (Fsp3) is 0.222. The van der Waals surface area contributed by atoms with E-state index in [1.165, 1.54) is 4.90 Å². The minimum absolute atomic E-state index is 0.0698. The van der Waals surface area contributed by atoms with Gasteiger partial charge in [-0.05, 0) is 42.7 Å². The van der Waals surface area contributed by atoms with Crippen LogP contribution in [-0.4, -0.2) is 33.3 Å². The van der Waals surface area contributed by atoms with E-state index in [2.05, 4.69) is 4.98 Å². The zero-order valence-corrected chi connectivity index (χ0v) is 18.7. The minimum atomic E-state index is -0.753. The number of nitrogens with zero attached hydrogens (tertiary/aromatic N) is 2. The number of pyridine rings is 1. The normalized spacial score (nSPS) is 17.4. The van der Waals surface area contributed by atoms with Crippen LogP contribution in [0, 0.1) is 6.92 Å². The second kappa shape index (κ2) is 9.69. The molecule has 0 aliphatic carbocycles. The van der Waals surface area contributed by atoms with E-state index in [9.17, 15) is 14.7 Å². The molecule has 2 aromatic carbocycles. The number of aromatic nitrogens is 1. The van der Waals surface area contributed by atoms with Gasteiger partial charge in [0, 0.05) is 24.5 Å². The molecule has 4 rings (SSSR count). The largest absolute Gasteiger partial charge is 0.507 e. The third-order valence-corrected chi connectivity index (χ3v) is 5.59. The van der Waals surface area contributed by atoms with E-state index in [0.717, 1.165) is 17.5 Å². The van der Waals surface area contributed by atoms with E-state index in [1.807, 2.05) is 56.3 Å². The Morgan fingerprint density at radius 3 is 2.58 bits per heavy atom. The summed E-state index contributed by atoms with van der Waals surface area (Å²) in [5.41, 5.74) is 3.07. The van der Waals surface area contributed by atoms with Gasteiger partial charge >= 0.3 is 0 Å². The average Bonchev–Trinajstić information content (AvgIpc) is 3.08. The maximum Gasteiger partial charge on any atom is 0.295 e. The van der Waals surface area contributed by atoms with Gasteiger partial charge in [0.2, 0.25) is 0 Å². The van der Waals surface area contributed by atoms with Crippen LogP contribution in [0.2, 0.25) is 0 Å². The van der Waals surface area contributed by atoms with Crippen molar-refractivity contribution in [1.82, 2.24) is 9.88 Å². The number of benzene rings is 2. The van der Waals surface area contributed by atoms with Gasteiger partial charge in [-0.3, -0.25) is 14.6 Å². The Bertz CT molecular complexity index is 1190. The molecule has 1 saturated heterocycles. The van der Waals surface area contributed by atoms with Gasteiger partial charge in [-0.1, -0.05) is 55.0 Å². The molecule has 0 radical (unpaired) electrons. The number of hydrogen-bond acceptors (Lipinski definition) is 5. The Kier molecular flexibility index (Phi) is 6.54. The standard InChI is InChI=1S/C27H26N2O4/c1-3-14-33-22-8-4-7-21(15-22)24-23(25(30)20-11-9-18(2)10-12-20)26(31)27(32)29(24)17-19-6-5-13-28-16-19/h4-13,15-16,24,30H,3,14,17H2,1-2H3/b25-23+/t24-/m1/s1. The Balaban J connectivity index is 1.84. The van der Waals surface area contributed by atoms with Gasteiger partial charge in [0.25, 0.3) is 11.7 Å². The van der Waals surface area contributed by atoms with Crippen LogP contribution in [-0.2, 0) is 16.1 Å². The summed E-state index contributed by atoms with van der Waals surface area (Å²) in [4.78, 5) is 31.9. The van der Waals surface area contributed by atoms with Crippen molar-refractivity contribution in [3.63, 3.8) is 0 Å². The molecule has 1 aliphatic rings. The lowest BCUT2D eigenvalue weighted by molar-refractivity contribution is -0.140. The number of carbonyl (C=O) groups is 2. The molecule has 1 aromatic heterocycles. The van der Waals surface area contributed by atoms with Crippen LogP contribution >= 0.6 is 0 Å². The number of aliphatic hydroxyl groups is 1. The molecule has 6 nitrogen and oxygen atoms in total. The number of aryl methyl sites for hydroxylation is 1. The molecular weight excluding hydrogens is 416 g/mol. The van der Waals surface area contributed by atoms with Crippen molar-refractivity contribution in [2.45, 2.75) is 32.9 Å². The summed E-state index contributed by atoms with van der Waals surface area (Å²) in [6.07, 6.45) is 4.18. The monoisotopic (exact) mass is 442 g/mol. The van der Waals surface area contributed by atoms with Crippen LogP contribution < -0.4 is 4.74 Å². The summed E-state index contributed by atoms with van der Waals surface area (Å²) < 4.78 is 5.78. The van der Waals surface area contributed by atoms with Crippen LogP contribution in [0.4, 0.5) is 0 Å².